The summed E-state index contributed by atoms with van der Waals surface area (Å²) in [4.78, 5) is 10.7. The quantitative estimate of drug-likeness (QED) is 0.686. The van der Waals surface area contributed by atoms with E-state index >= 15 is 0 Å². The number of aliphatic hydroxyl groups is 1. The fourth-order valence-electron chi connectivity index (χ4n) is 1.10. The average Bonchev–Trinajstić information content (AvgIpc) is 2.19. The van der Waals surface area contributed by atoms with Crippen LogP contribution in [-0.4, -0.2) is 29.4 Å². The predicted molar refractivity (Wildman–Crippen MR) is 50.1 cm³/mol. The van der Waals surface area contributed by atoms with Crippen molar-refractivity contribution in [2.75, 3.05) is 13.2 Å². The second kappa shape index (κ2) is 5.36. The Bertz CT molecular complexity index is 309. The molecule has 0 unspecified atom stereocenters. The highest BCUT2D eigenvalue weighted by Crippen LogP contribution is 2.09. The topological polar surface area (TPSA) is 66.8 Å². The summed E-state index contributed by atoms with van der Waals surface area (Å²) in [6.07, 6.45) is 0. The van der Waals surface area contributed by atoms with E-state index < -0.39 is 5.97 Å². The van der Waals surface area contributed by atoms with E-state index in [-0.39, 0.29) is 25.4 Å². The van der Waals surface area contributed by atoms with Crippen LogP contribution in [0.15, 0.2) is 24.3 Å². The average molecular weight is 196 g/mol. The zero-order valence-electron chi connectivity index (χ0n) is 7.64. The standard InChI is InChI=1S/C10H12O4/c11-5-6-14-7-8-3-1-2-4-9(8)10(12)13/h1-4,11H,5-7H2,(H,12,13). The summed E-state index contributed by atoms with van der Waals surface area (Å²) in [5, 5.41) is 17.3. The maximum atomic E-state index is 10.7. The van der Waals surface area contributed by atoms with Gasteiger partial charge in [0.15, 0.2) is 0 Å². The number of rotatable bonds is 5. The Labute approximate surface area is 81.8 Å². The Hall–Kier alpha value is -1.39. The summed E-state index contributed by atoms with van der Waals surface area (Å²) < 4.78 is 5.05. The SMILES string of the molecule is O=C(O)c1ccccc1COCCO. The van der Waals surface area contributed by atoms with Gasteiger partial charge in [-0.1, -0.05) is 18.2 Å². The number of ether oxygens (including phenoxy) is 1. The maximum Gasteiger partial charge on any atom is 0.336 e. The van der Waals surface area contributed by atoms with Crippen LogP contribution in [0.1, 0.15) is 15.9 Å². The molecule has 0 saturated heterocycles. The largest absolute Gasteiger partial charge is 0.478 e. The highest BCUT2D eigenvalue weighted by molar-refractivity contribution is 5.89. The molecule has 0 radical (unpaired) electrons. The van der Waals surface area contributed by atoms with Crippen LogP contribution in [-0.2, 0) is 11.3 Å². The van der Waals surface area contributed by atoms with Gasteiger partial charge in [-0.3, -0.25) is 0 Å². The van der Waals surface area contributed by atoms with Crippen molar-refractivity contribution in [1.29, 1.82) is 0 Å². The highest BCUT2D eigenvalue weighted by Gasteiger charge is 2.07. The number of carboxylic acid groups (broad SMARTS) is 1. The second-order valence-electron chi connectivity index (χ2n) is 2.74. The van der Waals surface area contributed by atoms with Crippen molar-refractivity contribution in [3.05, 3.63) is 35.4 Å². The first-order valence-corrected chi connectivity index (χ1v) is 4.25. The lowest BCUT2D eigenvalue weighted by atomic mass is 10.1. The summed E-state index contributed by atoms with van der Waals surface area (Å²) in [6, 6.07) is 6.64. The molecule has 0 aliphatic carbocycles. The molecule has 0 aliphatic rings. The van der Waals surface area contributed by atoms with Gasteiger partial charge in [0, 0.05) is 0 Å². The summed E-state index contributed by atoms with van der Waals surface area (Å²) in [7, 11) is 0. The molecule has 2 N–H and O–H groups in total. The van der Waals surface area contributed by atoms with Crippen molar-refractivity contribution >= 4 is 5.97 Å². The molecule has 0 heterocycles. The van der Waals surface area contributed by atoms with E-state index in [9.17, 15) is 4.79 Å². The number of aromatic carboxylic acids is 1. The maximum absolute atomic E-state index is 10.7. The van der Waals surface area contributed by atoms with Crippen LogP contribution in [0, 0.1) is 0 Å². The summed E-state index contributed by atoms with van der Waals surface area (Å²) in [5.74, 6) is -0.965. The highest BCUT2D eigenvalue weighted by atomic mass is 16.5. The first-order valence-electron chi connectivity index (χ1n) is 4.25. The molecule has 0 bridgehead atoms. The molecule has 0 aromatic heterocycles. The molecule has 0 atom stereocenters. The number of benzene rings is 1. The van der Waals surface area contributed by atoms with Crippen molar-refractivity contribution in [3.8, 4) is 0 Å². The van der Waals surface area contributed by atoms with Gasteiger partial charge in [-0.15, -0.1) is 0 Å². The molecule has 76 valence electrons. The Morgan fingerprint density at radius 2 is 2.07 bits per heavy atom. The van der Waals surface area contributed by atoms with Gasteiger partial charge in [0.05, 0.1) is 25.4 Å². The zero-order valence-corrected chi connectivity index (χ0v) is 7.64. The van der Waals surface area contributed by atoms with E-state index in [2.05, 4.69) is 0 Å². The minimum atomic E-state index is -0.965. The summed E-state index contributed by atoms with van der Waals surface area (Å²) in [6.45, 7) is 0.367. The van der Waals surface area contributed by atoms with Crippen molar-refractivity contribution in [2.24, 2.45) is 0 Å². The lowest BCUT2D eigenvalue weighted by Gasteiger charge is -2.05. The third-order valence-corrected chi connectivity index (χ3v) is 1.74. The van der Waals surface area contributed by atoms with Crippen LogP contribution >= 0.6 is 0 Å². The van der Waals surface area contributed by atoms with Crippen molar-refractivity contribution < 1.29 is 19.7 Å². The van der Waals surface area contributed by atoms with Gasteiger partial charge in [-0.25, -0.2) is 4.79 Å². The van der Waals surface area contributed by atoms with Crippen LogP contribution < -0.4 is 0 Å². The van der Waals surface area contributed by atoms with Crippen molar-refractivity contribution in [1.82, 2.24) is 0 Å². The monoisotopic (exact) mass is 196 g/mol. The van der Waals surface area contributed by atoms with Gasteiger partial charge in [-0.05, 0) is 11.6 Å². The molecule has 0 spiro atoms. The number of carboxylic acids is 1. The van der Waals surface area contributed by atoms with Gasteiger partial charge >= 0.3 is 5.97 Å². The Morgan fingerprint density at radius 3 is 2.71 bits per heavy atom. The summed E-state index contributed by atoms with van der Waals surface area (Å²) in [5.41, 5.74) is 0.860. The van der Waals surface area contributed by atoms with Crippen LogP contribution in [0.5, 0.6) is 0 Å². The van der Waals surface area contributed by atoms with Gasteiger partial charge < -0.3 is 14.9 Å². The van der Waals surface area contributed by atoms with Gasteiger partial charge in [0.2, 0.25) is 0 Å². The molecule has 0 fully saturated rings. The molecule has 1 rings (SSSR count). The molecular formula is C10H12O4. The van der Waals surface area contributed by atoms with Crippen LogP contribution in [0.4, 0.5) is 0 Å². The second-order valence-corrected chi connectivity index (χ2v) is 2.74. The molecule has 4 nitrogen and oxygen atoms in total. The number of hydrogen-bond acceptors (Lipinski definition) is 3. The molecule has 1 aromatic rings. The van der Waals surface area contributed by atoms with Crippen molar-refractivity contribution in [3.63, 3.8) is 0 Å². The lowest BCUT2D eigenvalue weighted by molar-refractivity contribution is 0.0672. The molecular weight excluding hydrogens is 184 g/mol. The van der Waals surface area contributed by atoms with Crippen molar-refractivity contribution in [2.45, 2.75) is 6.61 Å². The van der Waals surface area contributed by atoms with E-state index in [0.717, 1.165) is 0 Å². The molecule has 4 heteroatoms. The number of carbonyl (C=O) groups is 1. The summed E-state index contributed by atoms with van der Waals surface area (Å²) >= 11 is 0. The van der Waals surface area contributed by atoms with E-state index in [1.54, 1.807) is 18.2 Å². The minimum Gasteiger partial charge on any atom is -0.478 e. The first-order chi connectivity index (χ1) is 6.75. The predicted octanol–water partition coefficient (Wildman–Crippen LogP) is 0.894. The van der Waals surface area contributed by atoms with Gasteiger partial charge in [0.1, 0.15) is 0 Å². The Morgan fingerprint density at radius 1 is 1.36 bits per heavy atom. The van der Waals surface area contributed by atoms with E-state index in [1.807, 2.05) is 0 Å². The normalized spacial score (nSPS) is 10.1. The smallest absolute Gasteiger partial charge is 0.336 e. The third kappa shape index (κ3) is 2.83. The van der Waals surface area contributed by atoms with Crippen LogP contribution in [0.25, 0.3) is 0 Å². The zero-order chi connectivity index (χ0) is 10.4. The molecule has 1 aromatic carbocycles. The number of aliphatic hydroxyl groups excluding tert-OH is 1. The Balaban J connectivity index is 2.69. The van der Waals surface area contributed by atoms with Gasteiger partial charge in [-0.2, -0.15) is 0 Å². The van der Waals surface area contributed by atoms with E-state index in [4.69, 9.17) is 14.9 Å². The molecule has 0 amide bonds. The minimum absolute atomic E-state index is 0.0603. The number of hydrogen-bond donors (Lipinski definition) is 2. The fraction of sp³-hybridized carbons (Fsp3) is 0.300. The fourth-order valence-corrected chi connectivity index (χ4v) is 1.10. The third-order valence-electron chi connectivity index (χ3n) is 1.74. The Kier molecular flexibility index (Phi) is 4.10. The van der Waals surface area contributed by atoms with Crippen LogP contribution in [0.3, 0.4) is 0 Å². The molecule has 0 saturated carbocycles. The van der Waals surface area contributed by atoms with Crippen LogP contribution in [0.2, 0.25) is 0 Å². The molecule has 0 aliphatic heterocycles. The first kappa shape index (κ1) is 10.7. The van der Waals surface area contributed by atoms with Gasteiger partial charge in [0.25, 0.3) is 0 Å². The van der Waals surface area contributed by atoms with E-state index in [1.165, 1.54) is 6.07 Å². The van der Waals surface area contributed by atoms with E-state index in [0.29, 0.717) is 5.56 Å². The molecule has 14 heavy (non-hydrogen) atoms. The lowest BCUT2D eigenvalue weighted by Crippen LogP contribution is -2.05.